The molecule has 5 nitrogen and oxygen atoms in total. The van der Waals surface area contributed by atoms with E-state index in [1.807, 2.05) is 22.9 Å². The van der Waals surface area contributed by atoms with Crippen molar-refractivity contribution in [1.29, 1.82) is 0 Å². The summed E-state index contributed by atoms with van der Waals surface area (Å²) >= 11 is 7.18. The van der Waals surface area contributed by atoms with E-state index in [2.05, 4.69) is 48.3 Å². The molecule has 0 bridgehead atoms. The van der Waals surface area contributed by atoms with Gasteiger partial charge in [0.2, 0.25) is 5.78 Å². The minimum atomic E-state index is 0.118. The van der Waals surface area contributed by atoms with Gasteiger partial charge in [0.1, 0.15) is 4.32 Å². The molecule has 3 rings (SSSR count). The van der Waals surface area contributed by atoms with E-state index in [1.165, 1.54) is 0 Å². The van der Waals surface area contributed by atoms with Gasteiger partial charge in [-0.05, 0) is 46.6 Å². The Bertz CT molecular complexity index is 688. The minimum Gasteiger partial charge on any atom is -0.368 e. The third kappa shape index (κ3) is 4.46. The SMILES string of the molecule is CC1(C)CC(NC(=S)SCc2cn3cccnc3n2)CC(C)(C)N1. The number of fused-ring (bicyclic) bond motifs is 1. The first-order valence-electron chi connectivity index (χ1n) is 8.24. The van der Waals surface area contributed by atoms with Crippen LogP contribution in [0.25, 0.3) is 5.78 Å². The Kier molecular flexibility index (Phi) is 4.86. The van der Waals surface area contributed by atoms with Crippen LogP contribution in [-0.4, -0.2) is 35.8 Å². The van der Waals surface area contributed by atoms with Gasteiger partial charge < -0.3 is 10.6 Å². The summed E-state index contributed by atoms with van der Waals surface area (Å²) in [6, 6.07) is 2.30. The zero-order valence-corrected chi connectivity index (χ0v) is 16.3. The molecule has 1 saturated heterocycles. The molecule has 1 aliphatic rings. The van der Waals surface area contributed by atoms with Crippen molar-refractivity contribution in [3.05, 3.63) is 30.4 Å². The fourth-order valence-corrected chi connectivity index (χ4v) is 4.73. The standard InChI is InChI=1S/C17H25N5S2/c1-16(2)8-12(9-17(3,4)21-16)20-15(23)24-11-13-10-22-7-5-6-18-14(22)19-13/h5-7,10,12,21H,8-9,11H2,1-4H3,(H,20,23). The van der Waals surface area contributed by atoms with E-state index in [-0.39, 0.29) is 11.1 Å². The van der Waals surface area contributed by atoms with E-state index in [0.717, 1.165) is 34.4 Å². The van der Waals surface area contributed by atoms with Crippen LogP contribution < -0.4 is 10.6 Å². The molecule has 24 heavy (non-hydrogen) atoms. The lowest BCUT2D eigenvalue weighted by atomic mass is 9.80. The Morgan fingerprint density at radius 1 is 1.38 bits per heavy atom. The molecule has 7 heteroatoms. The monoisotopic (exact) mass is 363 g/mol. The number of piperidine rings is 1. The summed E-state index contributed by atoms with van der Waals surface area (Å²) < 4.78 is 2.78. The molecule has 1 aliphatic heterocycles. The van der Waals surface area contributed by atoms with Gasteiger partial charge >= 0.3 is 0 Å². The van der Waals surface area contributed by atoms with Crippen LogP contribution in [0.4, 0.5) is 0 Å². The number of nitrogens with zero attached hydrogens (tertiary/aromatic N) is 3. The summed E-state index contributed by atoms with van der Waals surface area (Å²) in [5.74, 6) is 1.49. The summed E-state index contributed by atoms with van der Waals surface area (Å²) in [5.41, 5.74) is 1.23. The van der Waals surface area contributed by atoms with Crippen molar-refractivity contribution in [2.45, 2.75) is 63.4 Å². The first-order chi connectivity index (χ1) is 11.2. The lowest BCUT2D eigenvalue weighted by molar-refractivity contribution is 0.156. The molecule has 0 unspecified atom stereocenters. The predicted octanol–water partition coefficient (Wildman–Crippen LogP) is 3.15. The van der Waals surface area contributed by atoms with Crippen LogP contribution in [0.5, 0.6) is 0 Å². The van der Waals surface area contributed by atoms with Gasteiger partial charge in [0.15, 0.2) is 0 Å². The van der Waals surface area contributed by atoms with Gasteiger partial charge in [-0.25, -0.2) is 9.97 Å². The van der Waals surface area contributed by atoms with Gasteiger partial charge in [-0.3, -0.25) is 4.40 Å². The number of thiocarbonyl (C=S) groups is 1. The molecule has 130 valence electrons. The molecule has 1 fully saturated rings. The first kappa shape index (κ1) is 17.6. The number of nitrogens with one attached hydrogen (secondary N) is 2. The van der Waals surface area contributed by atoms with Crippen LogP contribution in [0.2, 0.25) is 0 Å². The van der Waals surface area contributed by atoms with Crippen LogP contribution in [0.15, 0.2) is 24.7 Å². The van der Waals surface area contributed by atoms with Crippen molar-refractivity contribution in [2.24, 2.45) is 0 Å². The van der Waals surface area contributed by atoms with Gasteiger partial charge in [0.25, 0.3) is 0 Å². The fourth-order valence-electron chi connectivity index (χ4n) is 3.72. The molecular weight excluding hydrogens is 338 g/mol. The van der Waals surface area contributed by atoms with Crippen LogP contribution >= 0.6 is 24.0 Å². The van der Waals surface area contributed by atoms with E-state index in [0.29, 0.717) is 6.04 Å². The molecule has 0 atom stereocenters. The highest BCUT2D eigenvalue weighted by molar-refractivity contribution is 8.22. The van der Waals surface area contributed by atoms with Crippen molar-refractivity contribution in [1.82, 2.24) is 25.0 Å². The lowest BCUT2D eigenvalue weighted by Gasteiger charge is -2.46. The third-order valence-corrected chi connectivity index (χ3v) is 5.44. The summed E-state index contributed by atoms with van der Waals surface area (Å²) in [5, 5.41) is 7.24. The van der Waals surface area contributed by atoms with E-state index in [9.17, 15) is 0 Å². The maximum atomic E-state index is 5.55. The van der Waals surface area contributed by atoms with Gasteiger partial charge in [0.05, 0.1) is 5.69 Å². The maximum absolute atomic E-state index is 5.55. The van der Waals surface area contributed by atoms with Crippen molar-refractivity contribution >= 4 is 34.1 Å². The average Bonchev–Trinajstić information content (AvgIpc) is 2.84. The number of thioether (sulfide) groups is 1. The summed E-state index contributed by atoms with van der Waals surface area (Å²) in [7, 11) is 0. The first-order valence-corrected chi connectivity index (χ1v) is 9.63. The highest BCUT2D eigenvalue weighted by atomic mass is 32.2. The van der Waals surface area contributed by atoms with Gasteiger partial charge in [-0.2, -0.15) is 0 Å². The molecule has 0 aliphatic carbocycles. The van der Waals surface area contributed by atoms with Crippen LogP contribution in [0.1, 0.15) is 46.2 Å². The molecule has 2 N–H and O–H groups in total. The highest BCUT2D eigenvalue weighted by Crippen LogP contribution is 2.29. The average molecular weight is 364 g/mol. The molecule has 0 radical (unpaired) electrons. The number of imidazole rings is 1. The molecule has 2 aromatic rings. The Morgan fingerprint density at radius 3 is 2.75 bits per heavy atom. The highest BCUT2D eigenvalue weighted by Gasteiger charge is 2.37. The van der Waals surface area contributed by atoms with Crippen LogP contribution in [-0.2, 0) is 5.75 Å². The maximum Gasteiger partial charge on any atom is 0.233 e. The van der Waals surface area contributed by atoms with E-state index in [1.54, 1.807) is 18.0 Å². The normalized spacial score (nSPS) is 20.2. The van der Waals surface area contributed by atoms with Gasteiger partial charge in [-0.15, -0.1) is 0 Å². The number of hydrogen-bond donors (Lipinski definition) is 2. The Hall–Kier alpha value is -1.18. The quantitative estimate of drug-likeness (QED) is 0.817. The molecule has 0 aromatic carbocycles. The van der Waals surface area contributed by atoms with E-state index >= 15 is 0 Å². The molecule has 0 saturated carbocycles. The minimum absolute atomic E-state index is 0.118. The van der Waals surface area contributed by atoms with E-state index < -0.39 is 0 Å². The smallest absolute Gasteiger partial charge is 0.233 e. The van der Waals surface area contributed by atoms with Crippen molar-refractivity contribution in [3.63, 3.8) is 0 Å². The second-order valence-electron chi connectivity index (χ2n) is 7.78. The molecule has 3 heterocycles. The lowest BCUT2D eigenvalue weighted by Crippen LogP contribution is -2.61. The van der Waals surface area contributed by atoms with Gasteiger partial charge in [0, 0.05) is 41.5 Å². The van der Waals surface area contributed by atoms with Gasteiger partial charge in [-0.1, -0.05) is 24.0 Å². The number of rotatable bonds is 3. The van der Waals surface area contributed by atoms with Crippen molar-refractivity contribution < 1.29 is 0 Å². The fraction of sp³-hybridized carbons (Fsp3) is 0.588. The molecule has 0 spiro atoms. The Balaban J connectivity index is 1.55. The zero-order valence-electron chi connectivity index (χ0n) is 14.7. The molecular formula is C17H25N5S2. The zero-order chi connectivity index (χ0) is 17.4. The predicted molar refractivity (Wildman–Crippen MR) is 104 cm³/mol. The van der Waals surface area contributed by atoms with Crippen molar-refractivity contribution in [3.8, 4) is 0 Å². The van der Waals surface area contributed by atoms with Crippen LogP contribution in [0.3, 0.4) is 0 Å². The Labute approximate surface area is 153 Å². The van der Waals surface area contributed by atoms with Crippen molar-refractivity contribution in [2.75, 3.05) is 0 Å². The summed E-state index contributed by atoms with van der Waals surface area (Å²) in [6.07, 6.45) is 7.85. The molecule has 2 aromatic heterocycles. The largest absolute Gasteiger partial charge is 0.368 e. The topological polar surface area (TPSA) is 54.2 Å². The second kappa shape index (κ2) is 6.61. The number of hydrogen-bond acceptors (Lipinski definition) is 5. The summed E-state index contributed by atoms with van der Waals surface area (Å²) in [4.78, 5) is 8.75. The summed E-state index contributed by atoms with van der Waals surface area (Å²) in [6.45, 7) is 9.01. The second-order valence-corrected chi connectivity index (χ2v) is 9.43. The number of aromatic nitrogens is 3. The third-order valence-electron chi connectivity index (χ3n) is 4.15. The molecule has 0 amide bonds. The van der Waals surface area contributed by atoms with Crippen LogP contribution in [0, 0.1) is 0 Å². The Morgan fingerprint density at radius 2 is 2.08 bits per heavy atom. The van der Waals surface area contributed by atoms with E-state index in [4.69, 9.17) is 12.2 Å².